The summed E-state index contributed by atoms with van der Waals surface area (Å²) in [7, 11) is 0. The summed E-state index contributed by atoms with van der Waals surface area (Å²) in [5.74, 6) is 0.864. The lowest BCUT2D eigenvalue weighted by molar-refractivity contribution is 0.0745. The third-order valence-electron chi connectivity index (χ3n) is 2.79. The molecule has 4 nitrogen and oxygen atoms in total. The predicted octanol–water partition coefficient (Wildman–Crippen LogP) is 3.11. The molecule has 7 heteroatoms. The van der Waals surface area contributed by atoms with E-state index in [9.17, 15) is 0 Å². The number of hydrogen-bond acceptors (Lipinski definition) is 4. The zero-order chi connectivity index (χ0) is 12.5. The Balaban J connectivity index is 1.86. The van der Waals surface area contributed by atoms with Gasteiger partial charge in [-0.1, -0.05) is 23.2 Å². The molecule has 2 N–H and O–H groups in total. The Bertz CT molecular complexity index is 548. The monoisotopic (exact) mass is 303 g/mol. The number of halogens is 2. The average Bonchev–Trinajstić information content (AvgIpc) is 2.97. The number of rotatable bonds is 2. The molecule has 2 aromatic rings. The van der Waals surface area contributed by atoms with E-state index in [4.69, 9.17) is 27.9 Å². The molecule has 18 heavy (non-hydrogen) atoms. The van der Waals surface area contributed by atoms with Crippen LogP contribution in [0.3, 0.4) is 0 Å². The van der Waals surface area contributed by atoms with Crippen molar-refractivity contribution in [2.75, 3.05) is 19.8 Å². The Morgan fingerprint density at radius 2 is 2.33 bits per heavy atom. The number of aromatic amines is 1. The smallest absolute Gasteiger partial charge is 0.126 e. The summed E-state index contributed by atoms with van der Waals surface area (Å²) in [5.41, 5.74) is 1.77. The van der Waals surface area contributed by atoms with Crippen molar-refractivity contribution in [3.05, 3.63) is 26.8 Å². The van der Waals surface area contributed by atoms with Crippen LogP contribution in [0.5, 0.6) is 0 Å². The third-order valence-corrected chi connectivity index (χ3v) is 4.28. The maximum absolute atomic E-state index is 6.12. The second-order valence-corrected chi connectivity index (χ2v) is 6.29. The number of nitrogens with zero attached hydrogens (tertiary/aromatic N) is 1. The first kappa shape index (κ1) is 12.4. The van der Waals surface area contributed by atoms with E-state index in [2.05, 4.69) is 15.3 Å². The Hall–Kier alpha value is -0.590. The SMILES string of the molecule is Clc1cc(-c2cnc(C3COCCN3)[nH]2)c(Cl)s1. The molecule has 3 rings (SSSR count). The molecular formula is C11H11Cl2N3OS. The van der Waals surface area contributed by atoms with Crippen molar-refractivity contribution in [2.45, 2.75) is 6.04 Å². The first-order valence-electron chi connectivity index (χ1n) is 5.55. The minimum absolute atomic E-state index is 0.111. The van der Waals surface area contributed by atoms with Gasteiger partial charge in [-0.3, -0.25) is 0 Å². The Kier molecular flexibility index (Phi) is 3.59. The molecule has 1 saturated heterocycles. The van der Waals surface area contributed by atoms with E-state index in [1.165, 1.54) is 11.3 Å². The van der Waals surface area contributed by atoms with Crippen molar-refractivity contribution in [3.63, 3.8) is 0 Å². The van der Waals surface area contributed by atoms with E-state index in [-0.39, 0.29) is 6.04 Å². The van der Waals surface area contributed by atoms with E-state index >= 15 is 0 Å². The van der Waals surface area contributed by atoms with Crippen LogP contribution in [0.4, 0.5) is 0 Å². The van der Waals surface area contributed by atoms with Crippen molar-refractivity contribution in [1.82, 2.24) is 15.3 Å². The van der Waals surface area contributed by atoms with Crippen molar-refractivity contribution >= 4 is 34.5 Å². The van der Waals surface area contributed by atoms with Crippen molar-refractivity contribution in [2.24, 2.45) is 0 Å². The summed E-state index contributed by atoms with van der Waals surface area (Å²) < 4.78 is 6.75. The third kappa shape index (κ3) is 2.41. The lowest BCUT2D eigenvalue weighted by Crippen LogP contribution is -2.35. The molecule has 1 aliphatic heterocycles. The highest BCUT2D eigenvalue weighted by molar-refractivity contribution is 7.20. The van der Waals surface area contributed by atoms with Crippen LogP contribution in [0.15, 0.2) is 12.3 Å². The van der Waals surface area contributed by atoms with Crippen LogP contribution >= 0.6 is 34.5 Å². The quantitative estimate of drug-likeness (QED) is 0.896. The molecule has 1 fully saturated rings. The fourth-order valence-corrected chi connectivity index (χ4v) is 3.41. The maximum Gasteiger partial charge on any atom is 0.126 e. The van der Waals surface area contributed by atoms with Gasteiger partial charge in [-0.05, 0) is 6.07 Å². The fourth-order valence-electron chi connectivity index (χ4n) is 1.92. The second-order valence-electron chi connectivity index (χ2n) is 4.00. The highest BCUT2D eigenvalue weighted by atomic mass is 35.5. The molecule has 0 saturated carbocycles. The number of hydrogen-bond donors (Lipinski definition) is 2. The minimum atomic E-state index is 0.111. The first-order chi connectivity index (χ1) is 8.74. The van der Waals surface area contributed by atoms with Gasteiger partial charge in [-0.15, -0.1) is 11.3 Å². The Labute approximate surface area is 118 Å². The number of imidazole rings is 1. The van der Waals surface area contributed by atoms with Gasteiger partial charge in [0.15, 0.2) is 0 Å². The molecule has 0 spiro atoms. The van der Waals surface area contributed by atoms with Crippen molar-refractivity contribution < 1.29 is 4.74 Å². The zero-order valence-corrected chi connectivity index (χ0v) is 11.7. The minimum Gasteiger partial charge on any atom is -0.378 e. The topological polar surface area (TPSA) is 49.9 Å². The summed E-state index contributed by atoms with van der Waals surface area (Å²) in [5, 5.41) is 3.34. The summed E-state index contributed by atoms with van der Waals surface area (Å²) in [6.45, 7) is 2.22. The van der Waals surface area contributed by atoms with Crippen molar-refractivity contribution in [1.29, 1.82) is 0 Å². The van der Waals surface area contributed by atoms with E-state index in [0.717, 1.165) is 30.2 Å². The molecule has 3 heterocycles. The van der Waals surface area contributed by atoms with Gasteiger partial charge in [0.2, 0.25) is 0 Å². The van der Waals surface area contributed by atoms with Crippen LogP contribution in [0.1, 0.15) is 11.9 Å². The molecule has 2 aromatic heterocycles. The van der Waals surface area contributed by atoms with E-state index < -0.39 is 0 Å². The highest BCUT2D eigenvalue weighted by Gasteiger charge is 2.19. The van der Waals surface area contributed by atoms with Crippen LogP contribution in [0.25, 0.3) is 11.3 Å². The standard InChI is InChI=1S/C11H11Cl2N3OS/c12-9-3-6(10(13)18-9)7-4-15-11(16-7)8-5-17-2-1-14-8/h3-4,8,14H,1-2,5H2,(H,15,16). The molecule has 0 amide bonds. The van der Waals surface area contributed by atoms with Gasteiger partial charge in [0, 0.05) is 12.1 Å². The van der Waals surface area contributed by atoms with Gasteiger partial charge in [0.1, 0.15) is 10.2 Å². The maximum atomic E-state index is 6.12. The molecule has 1 aliphatic rings. The van der Waals surface area contributed by atoms with E-state index in [1.54, 1.807) is 6.20 Å². The number of H-pyrrole nitrogens is 1. The van der Waals surface area contributed by atoms with Gasteiger partial charge in [-0.25, -0.2) is 4.98 Å². The zero-order valence-electron chi connectivity index (χ0n) is 9.37. The molecule has 1 atom stereocenters. The van der Waals surface area contributed by atoms with E-state index in [1.807, 2.05) is 6.07 Å². The largest absolute Gasteiger partial charge is 0.378 e. The predicted molar refractivity (Wildman–Crippen MR) is 73.5 cm³/mol. The van der Waals surface area contributed by atoms with Crippen LogP contribution in [-0.2, 0) is 4.74 Å². The van der Waals surface area contributed by atoms with Gasteiger partial charge in [0.25, 0.3) is 0 Å². The molecule has 0 radical (unpaired) electrons. The molecule has 96 valence electrons. The molecule has 1 unspecified atom stereocenters. The normalized spacial score (nSPS) is 20.2. The van der Waals surface area contributed by atoms with E-state index in [0.29, 0.717) is 15.3 Å². The summed E-state index contributed by atoms with van der Waals surface area (Å²) in [6.07, 6.45) is 1.77. The van der Waals surface area contributed by atoms with Crippen LogP contribution in [-0.4, -0.2) is 29.7 Å². The first-order valence-corrected chi connectivity index (χ1v) is 7.12. The van der Waals surface area contributed by atoms with Crippen LogP contribution in [0, 0.1) is 0 Å². The Morgan fingerprint density at radius 1 is 1.44 bits per heavy atom. The van der Waals surface area contributed by atoms with Crippen molar-refractivity contribution in [3.8, 4) is 11.3 Å². The second kappa shape index (κ2) is 5.19. The fraction of sp³-hybridized carbons (Fsp3) is 0.364. The molecule has 0 aromatic carbocycles. The average molecular weight is 304 g/mol. The molecule has 0 aliphatic carbocycles. The van der Waals surface area contributed by atoms with Crippen LogP contribution in [0.2, 0.25) is 8.67 Å². The number of ether oxygens (including phenoxy) is 1. The lowest BCUT2D eigenvalue weighted by atomic mass is 10.2. The number of nitrogens with one attached hydrogen (secondary N) is 2. The highest BCUT2D eigenvalue weighted by Crippen LogP contribution is 2.37. The van der Waals surface area contributed by atoms with Gasteiger partial charge >= 0.3 is 0 Å². The molecule has 0 bridgehead atoms. The lowest BCUT2D eigenvalue weighted by Gasteiger charge is -2.21. The van der Waals surface area contributed by atoms with Gasteiger partial charge in [0.05, 0.1) is 35.5 Å². The van der Waals surface area contributed by atoms with Gasteiger partial charge < -0.3 is 15.0 Å². The number of morpholine rings is 1. The van der Waals surface area contributed by atoms with Crippen LogP contribution < -0.4 is 5.32 Å². The number of thiophene rings is 1. The summed E-state index contributed by atoms with van der Waals surface area (Å²) in [6, 6.07) is 1.96. The summed E-state index contributed by atoms with van der Waals surface area (Å²) in [4.78, 5) is 7.63. The summed E-state index contributed by atoms with van der Waals surface area (Å²) >= 11 is 13.4. The molecular weight excluding hydrogens is 293 g/mol. The Morgan fingerprint density at radius 3 is 3.00 bits per heavy atom. The number of aromatic nitrogens is 2. The van der Waals surface area contributed by atoms with Gasteiger partial charge in [-0.2, -0.15) is 0 Å².